The second kappa shape index (κ2) is 8.35. The van der Waals surface area contributed by atoms with Crippen LogP contribution in [0.2, 0.25) is 0 Å². The Hall–Kier alpha value is -3.35. The van der Waals surface area contributed by atoms with Crippen molar-refractivity contribution in [3.63, 3.8) is 0 Å². The molecule has 7 heteroatoms. The number of fused-ring (bicyclic) bond motifs is 1. The fraction of sp³-hybridized carbons (Fsp3) is 0.250. The minimum Gasteiger partial charge on any atom is -0.426 e. The zero-order valence-corrected chi connectivity index (χ0v) is 14.9. The minimum absolute atomic E-state index is 0.0411. The average Bonchev–Trinajstić information content (AvgIpc) is 2.82. The number of hydrogen-bond donors (Lipinski definition) is 3. The lowest BCUT2D eigenvalue weighted by atomic mass is 10.1. The minimum atomic E-state index is -0.382. The molecule has 1 amide bonds. The lowest BCUT2D eigenvalue weighted by Crippen LogP contribution is -2.46. The van der Waals surface area contributed by atoms with Gasteiger partial charge in [0.1, 0.15) is 11.6 Å². The highest BCUT2D eigenvalue weighted by molar-refractivity contribution is 5.95. The van der Waals surface area contributed by atoms with Gasteiger partial charge in [-0.25, -0.2) is 0 Å². The Balaban J connectivity index is 1.71. The van der Waals surface area contributed by atoms with Crippen molar-refractivity contribution in [2.24, 2.45) is 5.73 Å². The molecule has 0 bridgehead atoms. The van der Waals surface area contributed by atoms with Crippen LogP contribution < -0.4 is 20.9 Å². The van der Waals surface area contributed by atoms with Crippen LogP contribution in [-0.4, -0.2) is 24.3 Å². The highest BCUT2D eigenvalue weighted by Crippen LogP contribution is 2.29. The number of anilines is 1. The van der Waals surface area contributed by atoms with Gasteiger partial charge in [0.05, 0.1) is 18.2 Å². The van der Waals surface area contributed by atoms with E-state index in [1.807, 2.05) is 24.3 Å². The Morgan fingerprint density at radius 2 is 2.00 bits per heavy atom. The molecule has 3 rings (SSSR count). The number of carbonyl (C=O) groups excluding carboxylic acids is 2. The summed E-state index contributed by atoms with van der Waals surface area (Å²) in [5, 5.41) is 9.15. The van der Waals surface area contributed by atoms with Crippen LogP contribution in [0.5, 0.6) is 5.75 Å². The van der Waals surface area contributed by atoms with E-state index < -0.39 is 0 Å². The van der Waals surface area contributed by atoms with E-state index in [0.29, 0.717) is 17.7 Å². The largest absolute Gasteiger partial charge is 0.426 e. The number of nitrogens with one attached hydrogen (secondary N) is 2. The molecule has 1 heterocycles. The summed E-state index contributed by atoms with van der Waals surface area (Å²) in [6.07, 6.45) is 3.34. The van der Waals surface area contributed by atoms with E-state index in [0.717, 1.165) is 30.5 Å². The predicted octanol–water partition coefficient (Wildman–Crippen LogP) is 2.14. The average molecular weight is 366 g/mol. The van der Waals surface area contributed by atoms with Crippen molar-refractivity contribution in [2.75, 3.05) is 5.01 Å². The van der Waals surface area contributed by atoms with Crippen molar-refractivity contribution in [2.45, 2.75) is 31.7 Å². The fourth-order valence-electron chi connectivity index (χ4n) is 3.30. The van der Waals surface area contributed by atoms with Crippen LogP contribution in [0.15, 0.2) is 48.5 Å². The quantitative estimate of drug-likeness (QED) is 0.239. The van der Waals surface area contributed by atoms with Gasteiger partial charge in [-0.15, -0.1) is 0 Å². The maximum absolute atomic E-state index is 12.4. The highest BCUT2D eigenvalue weighted by Gasteiger charge is 2.27. The van der Waals surface area contributed by atoms with Gasteiger partial charge in [0.2, 0.25) is 6.41 Å². The van der Waals surface area contributed by atoms with Gasteiger partial charge in [-0.1, -0.05) is 18.2 Å². The number of amides is 1. The van der Waals surface area contributed by atoms with Crippen molar-refractivity contribution < 1.29 is 14.3 Å². The second-order valence-corrected chi connectivity index (χ2v) is 6.41. The third-order valence-corrected chi connectivity index (χ3v) is 4.59. The zero-order valence-electron chi connectivity index (χ0n) is 14.9. The van der Waals surface area contributed by atoms with Gasteiger partial charge in [0.25, 0.3) is 0 Å². The van der Waals surface area contributed by atoms with Crippen LogP contribution in [0.1, 0.15) is 30.4 Å². The molecule has 0 radical (unpaired) electrons. The number of nitrogen functional groups attached to an aromatic ring is 1. The molecule has 0 fully saturated rings. The van der Waals surface area contributed by atoms with Crippen LogP contribution in [0.25, 0.3) is 0 Å². The summed E-state index contributed by atoms with van der Waals surface area (Å²) in [5.41, 5.74) is 10.8. The molecule has 2 aromatic rings. The number of esters is 1. The van der Waals surface area contributed by atoms with Gasteiger partial charge in [-0.3, -0.25) is 25.4 Å². The number of ether oxygens (including phenoxy) is 1. The van der Waals surface area contributed by atoms with Crippen molar-refractivity contribution in [1.82, 2.24) is 5.43 Å². The van der Waals surface area contributed by atoms with Crippen molar-refractivity contribution in [3.8, 4) is 5.75 Å². The number of rotatable bonds is 6. The van der Waals surface area contributed by atoms with E-state index >= 15 is 0 Å². The zero-order chi connectivity index (χ0) is 19.2. The van der Waals surface area contributed by atoms with Gasteiger partial charge in [0, 0.05) is 5.56 Å². The Bertz CT molecular complexity index is 835. The topological polar surface area (TPSA) is 109 Å². The molecule has 2 aromatic carbocycles. The maximum atomic E-state index is 12.4. The molecular formula is C20H22N4O3. The summed E-state index contributed by atoms with van der Waals surface area (Å²) in [7, 11) is 0. The maximum Gasteiger partial charge on any atom is 0.313 e. The van der Waals surface area contributed by atoms with Gasteiger partial charge in [0.15, 0.2) is 0 Å². The summed E-state index contributed by atoms with van der Waals surface area (Å²) in [6.45, 7) is 0. The SMILES string of the molecule is N=C(N)c1ccc(OC(=O)CC2CCCc3ccccc3N2NC=O)cc1. The molecule has 1 aliphatic rings. The number of hydrazine groups is 1. The Kier molecular flexibility index (Phi) is 5.71. The third kappa shape index (κ3) is 4.44. The van der Waals surface area contributed by atoms with Gasteiger partial charge >= 0.3 is 5.97 Å². The number of nitrogens with two attached hydrogens (primary N) is 1. The van der Waals surface area contributed by atoms with Crippen LogP contribution in [0, 0.1) is 5.41 Å². The Morgan fingerprint density at radius 1 is 1.26 bits per heavy atom. The molecule has 0 saturated heterocycles. The van der Waals surface area contributed by atoms with Crippen LogP contribution in [-0.2, 0) is 16.0 Å². The first-order valence-electron chi connectivity index (χ1n) is 8.80. The monoisotopic (exact) mass is 366 g/mol. The van der Waals surface area contributed by atoms with Gasteiger partial charge in [-0.2, -0.15) is 0 Å². The molecule has 4 N–H and O–H groups in total. The van der Waals surface area contributed by atoms with Crippen LogP contribution in [0.3, 0.4) is 0 Å². The van der Waals surface area contributed by atoms with E-state index in [-0.39, 0.29) is 24.3 Å². The normalized spacial score (nSPS) is 16.0. The summed E-state index contributed by atoms with van der Waals surface area (Å²) in [4.78, 5) is 23.5. The lowest BCUT2D eigenvalue weighted by Gasteiger charge is -2.31. The highest BCUT2D eigenvalue weighted by atomic mass is 16.5. The number of amidine groups is 1. The molecule has 1 aliphatic heterocycles. The lowest BCUT2D eigenvalue weighted by molar-refractivity contribution is -0.135. The van der Waals surface area contributed by atoms with E-state index in [1.165, 1.54) is 0 Å². The van der Waals surface area contributed by atoms with E-state index in [9.17, 15) is 9.59 Å². The van der Waals surface area contributed by atoms with Gasteiger partial charge in [-0.05, 0) is 55.2 Å². The summed E-state index contributed by atoms with van der Waals surface area (Å²) < 4.78 is 5.41. The smallest absolute Gasteiger partial charge is 0.313 e. The van der Waals surface area contributed by atoms with Crippen LogP contribution in [0.4, 0.5) is 5.69 Å². The standard InChI is InChI=1S/C20H22N4O3/c21-20(22)15-8-10-17(11-9-15)27-19(26)12-16-6-3-5-14-4-1-2-7-18(14)24(16)23-13-25/h1-2,4,7-11,13,16H,3,5-6,12H2,(H3,21,22)(H,23,25). The van der Waals surface area contributed by atoms with Crippen molar-refractivity contribution in [3.05, 3.63) is 59.7 Å². The van der Waals surface area contributed by atoms with E-state index in [2.05, 4.69) is 5.43 Å². The van der Waals surface area contributed by atoms with Crippen LogP contribution >= 0.6 is 0 Å². The third-order valence-electron chi connectivity index (χ3n) is 4.59. The molecule has 0 aromatic heterocycles. The molecule has 0 aliphatic carbocycles. The Morgan fingerprint density at radius 3 is 2.70 bits per heavy atom. The summed E-state index contributed by atoms with van der Waals surface area (Å²) in [6, 6.07) is 14.1. The second-order valence-electron chi connectivity index (χ2n) is 6.41. The number of aryl methyl sites for hydroxylation is 1. The van der Waals surface area contributed by atoms with E-state index in [1.54, 1.807) is 29.3 Å². The number of benzene rings is 2. The molecule has 0 saturated carbocycles. The molecule has 7 nitrogen and oxygen atoms in total. The molecule has 0 spiro atoms. The number of para-hydroxylation sites is 1. The molecule has 1 atom stereocenters. The van der Waals surface area contributed by atoms with Gasteiger partial charge < -0.3 is 10.5 Å². The summed E-state index contributed by atoms with van der Waals surface area (Å²) in [5.74, 6) is -0.0258. The number of hydrogen-bond acceptors (Lipinski definition) is 5. The predicted molar refractivity (Wildman–Crippen MR) is 103 cm³/mol. The first-order valence-corrected chi connectivity index (χ1v) is 8.80. The number of nitrogens with zero attached hydrogens (tertiary/aromatic N) is 1. The fourth-order valence-corrected chi connectivity index (χ4v) is 3.30. The van der Waals surface area contributed by atoms with Crippen molar-refractivity contribution >= 4 is 23.9 Å². The Labute approximate surface area is 157 Å². The molecule has 1 unspecified atom stereocenters. The molecule has 27 heavy (non-hydrogen) atoms. The first kappa shape index (κ1) is 18.4. The van der Waals surface area contributed by atoms with E-state index in [4.69, 9.17) is 15.9 Å². The summed E-state index contributed by atoms with van der Waals surface area (Å²) >= 11 is 0. The molecular weight excluding hydrogens is 344 g/mol. The van der Waals surface area contributed by atoms with Crippen molar-refractivity contribution in [1.29, 1.82) is 5.41 Å². The first-order chi connectivity index (χ1) is 13.1. The number of carbonyl (C=O) groups is 2. The molecule has 140 valence electrons.